The highest BCUT2D eigenvalue weighted by atomic mass is 16.5. The van der Waals surface area contributed by atoms with E-state index >= 15 is 0 Å². The number of hydrogen-bond acceptors (Lipinski definition) is 5. The van der Waals surface area contributed by atoms with Crippen LogP contribution < -0.4 is 10.1 Å². The van der Waals surface area contributed by atoms with Gasteiger partial charge in [-0.05, 0) is 32.4 Å². The van der Waals surface area contributed by atoms with Crippen molar-refractivity contribution in [2.24, 2.45) is 0 Å². The number of carboxylic acid groups (broad SMARTS) is 2. The Hall–Kier alpha value is -2.12. The minimum Gasteiger partial charge on any atom is -0.492 e. The van der Waals surface area contributed by atoms with Gasteiger partial charge >= 0.3 is 11.9 Å². The van der Waals surface area contributed by atoms with Crippen LogP contribution in [-0.2, 0) is 9.59 Å². The first-order valence-corrected chi connectivity index (χ1v) is 6.78. The molecule has 0 heterocycles. The molecule has 1 atom stereocenters. The third-order valence-corrected chi connectivity index (χ3v) is 2.64. The van der Waals surface area contributed by atoms with Crippen molar-refractivity contribution in [3.63, 3.8) is 0 Å². The Morgan fingerprint density at radius 3 is 2.27 bits per heavy atom. The van der Waals surface area contributed by atoms with Crippen LogP contribution in [0.1, 0.15) is 18.1 Å². The van der Waals surface area contributed by atoms with E-state index in [1.165, 1.54) is 5.56 Å². The number of hydrogen-bond donors (Lipinski definition) is 4. The highest BCUT2D eigenvalue weighted by Gasteiger charge is 2.04. The Kier molecular flexibility index (Phi) is 9.56. The first-order valence-electron chi connectivity index (χ1n) is 6.78. The minimum absolute atomic E-state index is 0.128. The summed E-state index contributed by atoms with van der Waals surface area (Å²) in [4.78, 5) is 18.2. The molecule has 124 valence electrons. The predicted molar refractivity (Wildman–Crippen MR) is 81.2 cm³/mol. The van der Waals surface area contributed by atoms with Crippen LogP contribution in [0.5, 0.6) is 5.75 Å². The number of ether oxygens (including phenoxy) is 1. The second-order valence-corrected chi connectivity index (χ2v) is 4.77. The number of rotatable bonds is 6. The van der Waals surface area contributed by atoms with Crippen molar-refractivity contribution in [1.29, 1.82) is 0 Å². The molecular formula is C15H23NO6. The van der Waals surface area contributed by atoms with E-state index < -0.39 is 11.9 Å². The minimum atomic E-state index is -1.82. The van der Waals surface area contributed by atoms with Crippen LogP contribution in [0, 0.1) is 13.8 Å². The molecule has 0 aromatic heterocycles. The summed E-state index contributed by atoms with van der Waals surface area (Å²) in [6.45, 7) is 7.58. The lowest BCUT2D eigenvalue weighted by molar-refractivity contribution is -0.159. The molecule has 4 N–H and O–H groups in total. The summed E-state index contributed by atoms with van der Waals surface area (Å²) in [7, 11) is 0. The van der Waals surface area contributed by atoms with Crippen molar-refractivity contribution in [2.75, 3.05) is 19.8 Å². The molecule has 0 aliphatic rings. The number of carbonyl (C=O) groups is 2. The molecule has 0 fully saturated rings. The quantitative estimate of drug-likeness (QED) is 0.453. The third kappa shape index (κ3) is 8.93. The lowest BCUT2D eigenvalue weighted by Gasteiger charge is -2.13. The first kappa shape index (κ1) is 19.9. The van der Waals surface area contributed by atoms with Gasteiger partial charge < -0.3 is 25.4 Å². The summed E-state index contributed by atoms with van der Waals surface area (Å²) in [5, 5.41) is 26.8. The fraction of sp³-hybridized carbons (Fsp3) is 0.467. The number of carboxylic acids is 2. The monoisotopic (exact) mass is 313 g/mol. The molecule has 0 aliphatic carbocycles. The molecule has 22 heavy (non-hydrogen) atoms. The zero-order valence-electron chi connectivity index (χ0n) is 13.0. The van der Waals surface area contributed by atoms with E-state index in [0.29, 0.717) is 6.61 Å². The Labute approximate surface area is 129 Å². The van der Waals surface area contributed by atoms with Crippen LogP contribution in [0.2, 0.25) is 0 Å². The van der Waals surface area contributed by atoms with Gasteiger partial charge in [-0.15, -0.1) is 0 Å². The average molecular weight is 313 g/mol. The summed E-state index contributed by atoms with van der Waals surface area (Å²) in [6, 6.07) is 6.29. The van der Waals surface area contributed by atoms with Gasteiger partial charge in [0.1, 0.15) is 12.4 Å². The summed E-state index contributed by atoms with van der Waals surface area (Å²) < 4.78 is 5.64. The summed E-state index contributed by atoms with van der Waals surface area (Å²) in [6.07, 6.45) is 0. The Bertz CT molecular complexity index is 477. The maximum Gasteiger partial charge on any atom is 0.414 e. The largest absolute Gasteiger partial charge is 0.492 e. The second-order valence-electron chi connectivity index (χ2n) is 4.77. The van der Waals surface area contributed by atoms with Gasteiger partial charge in [0.05, 0.1) is 6.61 Å². The standard InChI is InChI=1S/C13H21NO2.C2H2O4/c1-10-4-5-13(11(2)8-10)16-7-6-14-12(3)9-15;3-1(4)2(5)6/h4-5,8,12,14-15H,6-7,9H2,1-3H3;(H,3,4)(H,5,6). The average Bonchev–Trinajstić information content (AvgIpc) is 2.45. The lowest BCUT2D eigenvalue weighted by Crippen LogP contribution is -2.32. The SMILES string of the molecule is Cc1ccc(OCCNC(C)CO)c(C)c1.O=C(O)C(=O)O. The molecule has 1 aromatic rings. The van der Waals surface area contributed by atoms with Crippen LogP contribution in [0.3, 0.4) is 0 Å². The maximum atomic E-state index is 9.10. The van der Waals surface area contributed by atoms with Gasteiger partial charge in [-0.3, -0.25) is 0 Å². The molecular weight excluding hydrogens is 290 g/mol. The van der Waals surface area contributed by atoms with Crippen molar-refractivity contribution < 1.29 is 29.6 Å². The molecule has 0 aliphatic heterocycles. The van der Waals surface area contributed by atoms with Gasteiger partial charge in [0.2, 0.25) is 0 Å². The molecule has 1 aromatic carbocycles. The zero-order chi connectivity index (χ0) is 17.1. The molecule has 7 heteroatoms. The summed E-state index contributed by atoms with van der Waals surface area (Å²) in [5.74, 6) is -2.71. The Morgan fingerprint density at radius 2 is 1.82 bits per heavy atom. The number of nitrogens with one attached hydrogen (secondary N) is 1. The van der Waals surface area contributed by atoms with E-state index in [1.807, 2.05) is 26.0 Å². The second kappa shape index (κ2) is 10.6. The molecule has 0 saturated carbocycles. The maximum absolute atomic E-state index is 9.10. The van der Waals surface area contributed by atoms with Gasteiger partial charge in [0, 0.05) is 12.6 Å². The van der Waals surface area contributed by atoms with Gasteiger partial charge in [-0.2, -0.15) is 0 Å². The molecule has 0 radical (unpaired) electrons. The normalized spacial score (nSPS) is 11.1. The smallest absolute Gasteiger partial charge is 0.414 e. The topological polar surface area (TPSA) is 116 Å². The van der Waals surface area contributed by atoms with Crippen molar-refractivity contribution in [3.05, 3.63) is 29.3 Å². The van der Waals surface area contributed by atoms with Gasteiger partial charge in [-0.1, -0.05) is 17.7 Å². The predicted octanol–water partition coefficient (Wildman–Crippen LogP) is 0.808. The van der Waals surface area contributed by atoms with E-state index in [9.17, 15) is 0 Å². The number of benzene rings is 1. The highest BCUT2D eigenvalue weighted by molar-refractivity contribution is 6.27. The number of aliphatic carboxylic acids is 2. The molecule has 0 bridgehead atoms. The first-order chi connectivity index (χ1) is 10.3. The highest BCUT2D eigenvalue weighted by Crippen LogP contribution is 2.18. The van der Waals surface area contributed by atoms with Crippen LogP contribution in [-0.4, -0.2) is 53.1 Å². The van der Waals surface area contributed by atoms with Crippen LogP contribution in [0.15, 0.2) is 18.2 Å². The molecule has 0 saturated heterocycles. The number of aliphatic hydroxyl groups excluding tert-OH is 1. The van der Waals surface area contributed by atoms with Crippen molar-refractivity contribution in [1.82, 2.24) is 5.32 Å². The van der Waals surface area contributed by atoms with E-state index in [1.54, 1.807) is 0 Å². The van der Waals surface area contributed by atoms with Crippen molar-refractivity contribution in [3.8, 4) is 5.75 Å². The molecule has 1 unspecified atom stereocenters. The summed E-state index contributed by atoms with van der Waals surface area (Å²) in [5.41, 5.74) is 2.41. The third-order valence-electron chi connectivity index (χ3n) is 2.64. The molecule has 0 amide bonds. The van der Waals surface area contributed by atoms with E-state index in [0.717, 1.165) is 17.9 Å². The van der Waals surface area contributed by atoms with Gasteiger partial charge in [0.15, 0.2) is 0 Å². The van der Waals surface area contributed by atoms with E-state index in [4.69, 9.17) is 29.6 Å². The van der Waals surface area contributed by atoms with Crippen molar-refractivity contribution in [2.45, 2.75) is 26.8 Å². The van der Waals surface area contributed by atoms with Gasteiger partial charge in [-0.25, -0.2) is 9.59 Å². The molecule has 1 rings (SSSR count). The summed E-state index contributed by atoms with van der Waals surface area (Å²) >= 11 is 0. The zero-order valence-corrected chi connectivity index (χ0v) is 13.0. The van der Waals surface area contributed by atoms with Crippen LogP contribution in [0.25, 0.3) is 0 Å². The fourth-order valence-electron chi connectivity index (χ4n) is 1.49. The Morgan fingerprint density at radius 1 is 1.23 bits per heavy atom. The van der Waals surface area contributed by atoms with Crippen LogP contribution in [0.4, 0.5) is 0 Å². The van der Waals surface area contributed by atoms with E-state index in [-0.39, 0.29) is 12.6 Å². The van der Waals surface area contributed by atoms with Gasteiger partial charge in [0.25, 0.3) is 0 Å². The van der Waals surface area contributed by atoms with Crippen LogP contribution >= 0.6 is 0 Å². The Balaban J connectivity index is 0.000000626. The molecule has 0 spiro atoms. The molecule has 7 nitrogen and oxygen atoms in total. The number of aryl methyl sites for hydroxylation is 2. The van der Waals surface area contributed by atoms with E-state index in [2.05, 4.69) is 18.3 Å². The lowest BCUT2D eigenvalue weighted by atomic mass is 10.1. The van der Waals surface area contributed by atoms with Crippen molar-refractivity contribution >= 4 is 11.9 Å². The fourth-order valence-corrected chi connectivity index (χ4v) is 1.49. The number of aliphatic hydroxyl groups is 1.